The number of aromatic nitrogens is 1. The van der Waals surface area contributed by atoms with Crippen molar-refractivity contribution in [3.63, 3.8) is 0 Å². The summed E-state index contributed by atoms with van der Waals surface area (Å²) in [5.74, 6) is 0.986. The Kier molecular flexibility index (Phi) is 5.84. The molecule has 0 N–H and O–H groups in total. The van der Waals surface area contributed by atoms with Gasteiger partial charge < -0.3 is 19.1 Å². The third kappa shape index (κ3) is 3.83. The van der Waals surface area contributed by atoms with Crippen molar-refractivity contribution in [2.24, 2.45) is 5.92 Å². The number of hydrogen-bond donors (Lipinski definition) is 0. The van der Waals surface area contributed by atoms with E-state index in [1.54, 1.807) is 12.0 Å². The molecule has 0 radical (unpaired) electrons. The van der Waals surface area contributed by atoms with Crippen LogP contribution in [0.2, 0.25) is 0 Å². The number of benzene rings is 1. The minimum Gasteiger partial charge on any atom is -0.497 e. The van der Waals surface area contributed by atoms with E-state index in [4.69, 9.17) is 4.74 Å². The summed E-state index contributed by atoms with van der Waals surface area (Å²) in [6, 6.07) is 11.8. The molecule has 0 bridgehead atoms. The van der Waals surface area contributed by atoms with Crippen LogP contribution < -0.4 is 4.74 Å². The number of ether oxygens (including phenoxy) is 1. The molecule has 4 rings (SSSR count). The van der Waals surface area contributed by atoms with Gasteiger partial charge in [0.1, 0.15) is 12.3 Å². The van der Waals surface area contributed by atoms with Crippen LogP contribution >= 0.6 is 0 Å². The lowest BCUT2D eigenvalue weighted by Gasteiger charge is -2.40. The number of methoxy groups -OCH3 is 1. The van der Waals surface area contributed by atoms with Crippen LogP contribution in [-0.4, -0.2) is 52.4 Å². The van der Waals surface area contributed by atoms with Crippen LogP contribution in [0.25, 0.3) is 0 Å². The molecule has 1 aromatic carbocycles. The second-order valence-electron chi connectivity index (χ2n) is 8.58. The van der Waals surface area contributed by atoms with Crippen molar-refractivity contribution in [1.82, 2.24) is 14.4 Å². The molecule has 1 aliphatic carbocycles. The van der Waals surface area contributed by atoms with E-state index in [2.05, 4.69) is 16.8 Å². The highest BCUT2D eigenvalue weighted by molar-refractivity contribution is 5.87. The summed E-state index contributed by atoms with van der Waals surface area (Å²) in [6.07, 6.45) is 5.06. The summed E-state index contributed by atoms with van der Waals surface area (Å²) in [4.78, 5) is 30.1. The van der Waals surface area contributed by atoms with Crippen LogP contribution in [0.15, 0.2) is 42.6 Å². The van der Waals surface area contributed by atoms with Crippen LogP contribution in [0.5, 0.6) is 5.75 Å². The summed E-state index contributed by atoms with van der Waals surface area (Å²) in [7, 11) is 1.65. The number of amides is 2. The lowest BCUT2D eigenvalue weighted by Crippen LogP contribution is -2.51. The molecule has 160 valence electrons. The predicted octanol–water partition coefficient (Wildman–Crippen LogP) is 3.47. The maximum absolute atomic E-state index is 13.5. The number of fused-ring (bicyclic) bond motifs is 1. The first kappa shape index (κ1) is 20.5. The molecule has 2 heterocycles. The van der Waals surface area contributed by atoms with Gasteiger partial charge in [0.25, 0.3) is 0 Å². The van der Waals surface area contributed by atoms with E-state index in [1.807, 2.05) is 49.1 Å². The Morgan fingerprint density at radius 3 is 2.63 bits per heavy atom. The lowest BCUT2D eigenvalue weighted by molar-refractivity contribution is -0.147. The molecule has 0 spiro atoms. The van der Waals surface area contributed by atoms with Crippen molar-refractivity contribution < 1.29 is 14.3 Å². The van der Waals surface area contributed by atoms with Gasteiger partial charge in [0.2, 0.25) is 11.8 Å². The summed E-state index contributed by atoms with van der Waals surface area (Å²) in [6.45, 7) is 5.49. The molecule has 1 aromatic heterocycles. The molecular formula is C24H31N3O3. The Labute approximate surface area is 178 Å². The third-order valence-electron chi connectivity index (χ3n) is 6.43. The minimum atomic E-state index is -0.191. The molecule has 2 amide bonds. The molecule has 1 saturated carbocycles. The van der Waals surface area contributed by atoms with E-state index < -0.39 is 0 Å². The van der Waals surface area contributed by atoms with Gasteiger partial charge in [0, 0.05) is 36.9 Å². The van der Waals surface area contributed by atoms with E-state index >= 15 is 0 Å². The summed E-state index contributed by atoms with van der Waals surface area (Å²) >= 11 is 0. The standard InChI is InChI=1S/C24H31N3O3/c1-17(2)27(24(29)18-7-4-8-18)16-22(28)26-14-13-25-12-6-11-21(25)23(26)19-9-5-10-20(15-19)30-3/h5-6,9-12,15,17-18,23H,4,7-8,13-14,16H2,1-3H3. The van der Waals surface area contributed by atoms with Crippen LogP contribution in [-0.2, 0) is 16.1 Å². The number of carbonyl (C=O) groups is 2. The molecule has 6 heteroatoms. The van der Waals surface area contributed by atoms with Gasteiger partial charge in [-0.3, -0.25) is 9.59 Å². The third-order valence-corrected chi connectivity index (χ3v) is 6.43. The van der Waals surface area contributed by atoms with Crippen molar-refractivity contribution in [1.29, 1.82) is 0 Å². The average molecular weight is 410 g/mol. The van der Waals surface area contributed by atoms with Gasteiger partial charge in [-0.2, -0.15) is 0 Å². The first-order valence-corrected chi connectivity index (χ1v) is 10.9. The van der Waals surface area contributed by atoms with Crippen molar-refractivity contribution in [2.75, 3.05) is 20.2 Å². The van der Waals surface area contributed by atoms with Gasteiger partial charge in [0.05, 0.1) is 13.2 Å². The van der Waals surface area contributed by atoms with Gasteiger partial charge in [-0.05, 0) is 56.5 Å². The molecule has 1 aliphatic heterocycles. The zero-order valence-electron chi connectivity index (χ0n) is 18.1. The quantitative estimate of drug-likeness (QED) is 0.734. The van der Waals surface area contributed by atoms with Gasteiger partial charge in [0.15, 0.2) is 0 Å². The Bertz CT molecular complexity index is 916. The van der Waals surface area contributed by atoms with Crippen molar-refractivity contribution in [2.45, 2.75) is 51.7 Å². The summed E-state index contributed by atoms with van der Waals surface area (Å²) in [5, 5.41) is 0. The van der Waals surface area contributed by atoms with Crippen LogP contribution in [0, 0.1) is 5.92 Å². The van der Waals surface area contributed by atoms with Crippen molar-refractivity contribution in [3.8, 4) is 5.75 Å². The molecule has 1 unspecified atom stereocenters. The maximum atomic E-state index is 13.5. The van der Waals surface area contributed by atoms with Gasteiger partial charge in [-0.1, -0.05) is 18.6 Å². The highest BCUT2D eigenvalue weighted by atomic mass is 16.5. The molecule has 1 atom stereocenters. The molecule has 2 aromatic rings. The largest absolute Gasteiger partial charge is 0.497 e. The minimum absolute atomic E-state index is 0.00311. The monoisotopic (exact) mass is 409 g/mol. The van der Waals surface area contributed by atoms with E-state index in [0.717, 1.165) is 42.8 Å². The second kappa shape index (κ2) is 8.54. The van der Waals surface area contributed by atoms with E-state index in [0.29, 0.717) is 6.54 Å². The Balaban J connectivity index is 1.62. The predicted molar refractivity (Wildman–Crippen MR) is 115 cm³/mol. The number of carbonyl (C=O) groups excluding carboxylic acids is 2. The van der Waals surface area contributed by atoms with E-state index in [9.17, 15) is 9.59 Å². The number of hydrogen-bond acceptors (Lipinski definition) is 3. The van der Waals surface area contributed by atoms with Crippen LogP contribution in [0.1, 0.15) is 50.4 Å². The van der Waals surface area contributed by atoms with Crippen molar-refractivity contribution in [3.05, 3.63) is 53.9 Å². The zero-order chi connectivity index (χ0) is 21.3. The van der Waals surface area contributed by atoms with Gasteiger partial charge >= 0.3 is 0 Å². The Morgan fingerprint density at radius 1 is 1.17 bits per heavy atom. The second-order valence-corrected chi connectivity index (χ2v) is 8.58. The smallest absolute Gasteiger partial charge is 0.243 e. The van der Waals surface area contributed by atoms with Crippen LogP contribution in [0.4, 0.5) is 0 Å². The first-order valence-electron chi connectivity index (χ1n) is 10.9. The fourth-order valence-electron chi connectivity index (χ4n) is 4.46. The van der Waals surface area contributed by atoms with Crippen molar-refractivity contribution >= 4 is 11.8 Å². The molecule has 0 saturated heterocycles. The van der Waals surface area contributed by atoms with E-state index in [-0.39, 0.29) is 36.4 Å². The SMILES string of the molecule is COc1cccc(C2c3cccn3CCN2C(=O)CN(C(=O)C2CCC2)C(C)C)c1. The Hall–Kier alpha value is -2.76. The number of rotatable bonds is 6. The normalized spacial score (nSPS) is 18.7. The van der Waals surface area contributed by atoms with E-state index in [1.165, 1.54) is 0 Å². The molecule has 2 aliphatic rings. The van der Waals surface area contributed by atoms with Crippen LogP contribution in [0.3, 0.4) is 0 Å². The van der Waals surface area contributed by atoms with Gasteiger partial charge in [-0.25, -0.2) is 0 Å². The molecule has 1 fully saturated rings. The molecule has 30 heavy (non-hydrogen) atoms. The first-order chi connectivity index (χ1) is 14.5. The topological polar surface area (TPSA) is 54.8 Å². The lowest BCUT2D eigenvalue weighted by atomic mass is 9.84. The fourth-order valence-corrected chi connectivity index (χ4v) is 4.46. The maximum Gasteiger partial charge on any atom is 0.243 e. The zero-order valence-corrected chi connectivity index (χ0v) is 18.1. The molecular weight excluding hydrogens is 378 g/mol. The highest BCUT2D eigenvalue weighted by Crippen LogP contribution is 2.34. The van der Waals surface area contributed by atoms with Gasteiger partial charge in [-0.15, -0.1) is 0 Å². The fraction of sp³-hybridized carbons (Fsp3) is 0.500. The Morgan fingerprint density at radius 2 is 1.97 bits per heavy atom. The highest BCUT2D eigenvalue weighted by Gasteiger charge is 2.36. The molecule has 6 nitrogen and oxygen atoms in total. The number of nitrogens with zero attached hydrogens (tertiary/aromatic N) is 3. The summed E-state index contributed by atoms with van der Waals surface area (Å²) < 4.78 is 7.62. The average Bonchev–Trinajstić information content (AvgIpc) is 3.18. The summed E-state index contributed by atoms with van der Waals surface area (Å²) in [5.41, 5.74) is 2.10.